The fourth-order valence-electron chi connectivity index (χ4n) is 4.47. The summed E-state index contributed by atoms with van der Waals surface area (Å²) in [5, 5.41) is 3.94. The second-order valence-electron chi connectivity index (χ2n) is 8.27. The molecule has 0 saturated carbocycles. The van der Waals surface area contributed by atoms with Crippen molar-refractivity contribution in [1.29, 1.82) is 0 Å². The van der Waals surface area contributed by atoms with Crippen molar-refractivity contribution >= 4 is 0 Å². The lowest BCUT2D eigenvalue weighted by atomic mass is 9.94. The molecule has 0 amide bonds. The monoisotopic (exact) mass is 333 g/mol. The fraction of sp³-hybridized carbons (Fsp3) is 0.913. The average Bonchev–Trinajstić information content (AvgIpc) is 2.63. The second-order valence-corrected chi connectivity index (χ2v) is 8.27. The van der Waals surface area contributed by atoms with Gasteiger partial charge in [0.1, 0.15) is 0 Å². The van der Waals surface area contributed by atoms with Crippen molar-refractivity contribution in [3.63, 3.8) is 0 Å². The van der Waals surface area contributed by atoms with Gasteiger partial charge < -0.3 is 5.32 Å². The Bertz CT molecular complexity index is 308. The topological polar surface area (TPSA) is 12.0 Å². The summed E-state index contributed by atoms with van der Waals surface area (Å²) in [6.07, 6.45) is 29.9. The molecule has 0 bridgehead atoms. The van der Waals surface area contributed by atoms with Crippen molar-refractivity contribution in [1.82, 2.24) is 5.32 Å². The van der Waals surface area contributed by atoms with Gasteiger partial charge in [0.05, 0.1) is 0 Å². The molecule has 1 fully saturated rings. The predicted molar refractivity (Wildman–Crippen MR) is 108 cm³/mol. The van der Waals surface area contributed by atoms with Crippen molar-refractivity contribution in [2.75, 3.05) is 6.54 Å². The highest BCUT2D eigenvalue weighted by molar-refractivity contribution is 5.11. The maximum absolute atomic E-state index is 3.94. The van der Waals surface area contributed by atoms with Crippen LogP contribution in [0.3, 0.4) is 0 Å². The maximum Gasteiger partial charge on any atom is 0.0279 e. The van der Waals surface area contributed by atoms with Gasteiger partial charge in [-0.15, -0.1) is 0 Å². The summed E-state index contributed by atoms with van der Waals surface area (Å²) in [5.74, 6) is 0. The van der Waals surface area contributed by atoms with E-state index in [1.54, 1.807) is 5.57 Å². The van der Waals surface area contributed by atoms with Gasteiger partial charge >= 0.3 is 0 Å². The van der Waals surface area contributed by atoms with Crippen LogP contribution in [-0.2, 0) is 0 Å². The molecule has 2 aliphatic rings. The van der Waals surface area contributed by atoms with Crippen LogP contribution < -0.4 is 5.32 Å². The summed E-state index contributed by atoms with van der Waals surface area (Å²) in [4.78, 5) is 0. The number of hydrogen-bond acceptors (Lipinski definition) is 1. The molecule has 1 atom stereocenters. The lowest BCUT2D eigenvalue weighted by Crippen LogP contribution is -2.32. The van der Waals surface area contributed by atoms with E-state index in [1.165, 1.54) is 129 Å². The van der Waals surface area contributed by atoms with E-state index < -0.39 is 0 Å². The van der Waals surface area contributed by atoms with E-state index in [-0.39, 0.29) is 0 Å². The third-order valence-corrected chi connectivity index (χ3v) is 6.08. The molecule has 2 rings (SSSR count). The first-order valence-corrected chi connectivity index (χ1v) is 11.4. The molecule has 24 heavy (non-hydrogen) atoms. The minimum Gasteiger partial charge on any atom is -0.310 e. The van der Waals surface area contributed by atoms with Crippen molar-refractivity contribution in [2.45, 2.75) is 128 Å². The third kappa shape index (κ3) is 9.25. The minimum absolute atomic E-state index is 0.688. The summed E-state index contributed by atoms with van der Waals surface area (Å²) in [5.41, 5.74) is 1.77. The van der Waals surface area contributed by atoms with Crippen LogP contribution in [0.5, 0.6) is 0 Å². The highest BCUT2D eigenvalue weighted by Crippen LogP contribution is 2.22. The third-order valence-electron chi connectivity index (χ3n) is 6.08. The van der Waals surface area contributed by atoms with E-state index in [0.29, 0.717) is 6.04 Å². The van der Waals surface area contributed by atoms with Crippen LogP contribution in [-0.4, -0.2) is 12.6 Å². The Morgan fingerprint density at radius 3 is 1.83 bits per heavy atom. The lowest BCUT2D eigenvalue weighted by molar-refractivity contribution is 0.484. The van der Waals surface area contributed by atoms with E-state index in [2.05, 4.69) is 11.4 Å². The largest absolute Gasteiger partial charge is 0.310 e. The van der Waals surface area contributed by atoms with Crippen LogP contribution in [0.25, 0.3) is 0 Å². The van der Waals surface area contributed by atoms with E-state index >= 15 is 0 Å². The molecule has 1 aliphatic carbocycles. The van der Waals surface area contributed by atoms with Gasteiger partial charge in [0.25, 0.3) is 0 Å². The van der Waals surface area contributed by atoms with Crippen molar-refractivity contribution in [2.24, 2.45) is 0 Å². The summed E-state index contributed by atoms with van der Waals surface area (Å²) < 4.78 is 0. The summed E-state index contributed by atoms with van der Waals surface area (Å²) in [6, 6.07) is 0.688. The fourth-order valence-corrected chi connectivity index (χ4v) is 4.47. The van der Waals surface area contributed by atoms with E-state index in [0.717, 1.165) is 0 Å². The van der Waals surface area contributed by atoms with Crippen LogP contribution in [0.4, 0.5) is 0 Å². The SMILES string of the molecule is C1=C(/C2CCCCCCCCCN2)CCCCCCCCCCC/1. The maximum atomic E-state index is 3.94. The van der Waals surface area contributed by atoms with Gasteiger partial charge in [-0.2, -0.15) is 0 Å². The van der Waals surface area contributed by atoms with Gasteiger partial charge in [0, 0.05) is 6.04 Å². The quantitative estimate of drug-likeness (QED) is 0.496. The molecule has 0 radical (unpaired) electrons. The highest BCUT2D eigenvalue weighted by Gasteiger charge is 2.14. The normalized spacial score (nSPS) is 29.8. The molecule has 0 spiro atoms. The lowest BCUT2D eigenvalue weighted by Gasteiger charge is -2.23. The molecular formula is C23H43N. The zero-order valence-corrected chi connectivity index (χ0v) is 16.3. The Labute approximate surface area is 152 Å². The van der Waals surface area contributed by atoms with Crippen LogP contribution in [0.1, 0.15) is 122 Å². The first-order valence-electron chi connectivity index (χ1n) is 11.4. The van der Waals surface area contributed by atoms with E-state index in [1.807, 2.05) is 0 Å². The molecule has 1 heteroatoms. The number of rotatable bonds is 1. The molecule has 0 aromatic carbocycles. The summed E-state index contributed by atoms with van der Waals surface area (Å²) >= 11 is 0. The first kappa shape index (κ1) is 20.0. The predicted octanol–water partition coefficient (Wildman–Crippen LogP) is 7.31. The molecule has 1 N–H and O–H groups in total. The molecule has 1 nitrogen and oxygen atoms in total. The second kappa shape index (κ2) is 13.9. The van der Waals surface area contributed by atoms with Crippen molar-refractivity contribution in [3.05, 3.63) is 11.6 Å². The Morgan fingerprint density at radius 1 is 0.583 bits per heavy atom. The molecule has 1 unspecified atom stereocenters. The smallest absolute Gasteiger partial charge is 0.0279 e. The van der Waals surface area contributed by atoms with Crippen LogP contribution in [0, 0.1) is 0 Å². The average molecular weight is 334 g/mol. The Balaban J connectivity index is 1.89. The zero-order chi connectivity index (χ0) is 16.7. The Kier molecular flexibility index (Phi) is 11.6. The summed E-state index contributed by atoms with van der Waals surface area (Å²) in [6.45, 7) is 1.24. The van der Waals surface area contributed by atoms with Crippen molar-refractivity contribution in [3.8, 4) is 0 Å². The van der Waals surface area contributed by atoms with Gasteiger partial charge in [-0.1, -0.05) is 95.1 Å². The van der Waals surface area contributed by atoms with Gasteiger partial charge in [-0.25, -0.2) is 0 Å². The first-order chi connectivity index (χ1) is 12.0. The van der Waals surface area contributed by atoms with Crippen LogP contribution in [0.15, 0.2) is 11.6 Å². The zero-order valence-electron chi connectivity index (χ0n) is 16.3. The molecular weight excluding hydrogens is 290 g/mol. The van der Waals surface area contributed by atoms with Gasteiger partial charge in [0.15, 0.2) is 0 Å². The highest BCUT2D eigenvalue weighted by atomic mass is 14.9. The standard InChI is InChI=1S/C23H43N/c1-2-4-7-11-15-19-22(18-14-10-6-3-1)23-20-16-12-8-5-9-13-17-21-24-23/h18,23-24H,1-17,19-21H2/b22-18+. The van der Waals surface area contributed by atoms with Crippen LogP contribution in [0.2, 0.25) is 0 Å². The number of nitrogens with one attached hydrogen (secondary N) is 1. The number of hydrogen-bond donors (Lipinski definition) is 1. The van der Waals surface area contributed by atoms with E-state index in [4.69, 9.17) is 0 Å². The molecule has 1 saturated heterocycles. The molecule has 0 aromatic heterocycles. The van der Waals surface area contributed by atoms with Gasteiger partial charge in [-0.05, 0) is 45.1 Å². The molecule has 0 aromatic rings. The Morgan fingerprint density at radius 2 is 1.12 bits per heavy atom. The van der Waals surface area contributed by atoms with Gasteiger partial charge in [-0.3, -0.25) is 0 Å². The molecule has 1 aliphatic heterocycles. The Hall–Kier alpha value is -0.300. The summed E-state index contributed by atoms with van der Waals surface area (Å²) in [7, 11) is 0. The van der Waals surface area contributed by atoms with Gasteiger partial charge in [0.2, 0.25) is 0 Å². The minimum atomic E-state index is 0.688. The molecule has 140 valence electrons. The molecule has 1 heterocycles. The van der Waals surface area contributed by atoms with Crippen LogP contribution >= 0.6 is 0 Å². The van der Waals surface area contributed by atoms with Crippen molar-refractivity contribution < 1.29 is 0 Å². The number of allylic oxidation sites excluding steroid dienone is 1. The van der Waals surface area contributed by atoms with E-state index in [9.17, 15) is 0 Å².